The number of amides is 1. The number of aliphatic imine (C=N–C) groups is 1. The molecule has 5 nitrogen and oxygen atoms in total. The lowest BCUT2D eigenvalue weighted by atomic mass is 9.78. The Balaban J connectivity index is 1.76. The van der Waals surface area contributed by atoms with E-state index in [9.17, 15) is 4.79 Å². The smallest absolute Gasteiger partial charge is 0.300 e. The minimum absolute atomic E-state index is 0.0275. The molecule has 0 unspecified atom stereocenters. The standard InChI is InChI=1S/C23H32N4O/c1-3-5-13-24-19-15-18-17-12-9-14-25-23(17)26-21(18)22(27(19)20(28)4-2)16-10-7-6-8-11-16/h2,14,16,19,22,24,26H,3,5-13,15H2,1H3/t19-,22+/m1/s1. The Bertz CT molecular complexity index is 781. The lowest BCUT2D eigenvalue weighted by molar-refractivity contribution is -0.134. The van der Waals surface area contributed by atoms with Crippen molar-refractivity contribution >= 4 is 17.9 Å². The summed E-state index contributed by atoms with van der Waals surface area (Å²) < 4.78 is 0. The zero-order valence-electron chi connectivity index (χ0n) is 17.0. The Morgan fingerprint density at radius 1 is 1.36 bits per heavy atom. The van der Waals surface area contributed by atoms with Gasteiger partial charge in [0.15, 0.2) is 0 Å². The summed E-state index contributed by atoms with van der Waals surface area (Å²) in [6, 6.07) is 0.0347. The number of aromatic amines is 1. The summed E-state index contributed by atoms with van der Waals surface area (Å²) in [6.45, 7) is 3.10. The highest BCUT2D eigenvalue weighted by Crippen LogP contribution is 2.46. The number of fused-ring (bicyclic) bond motifs is 3. The van der Waals surface area contributed by atoms with E-state index in [1.165, 1.54) is 36.1 Å². The molecule has 3 heterocycles. The quantitative estimate of drug-likeness (QED) is 0.599. The van der Waals surface area contributed by atoms with Gasteiger partial charge in [0.25, 0.3) is 5.91 Å². The lowest BCUT2D eigenvalue weighted by Crippen LogP contribution is -2.56. The molecule has 2 aliphatic heterocycles. The summed E-state index contributed by atoms with van der Waals surface area (Å²) in [5.41, 5.74) is 3.94. The summed E-state index contributed by atoms with van der Waals surface area (Å²) in [4.78, 5) is 23.1. The van der Waals surface area contributed by atoms with Crippen LogP contribution in [0.2, 0.25) is 0 Å². The number of nitrogens with zero attached hydrogens (tertiary/aromatic N) is 2. The highest BCUT2D eigenvalue weighted by molar-refractivity contribution is 5.93. The Morgan fingerprint density at radius 3 is 2.93 bits per heavy atom. The van der Waals surface area contributed by atoms with E-state index in [1.807, 2.05) is 11.1 Å². The first-order chi connectivity index (χ1) is 13.7. The second-order valence-electron chi connectivity index (χ2n) is 8.42. The number of carbonyl (C=O) groups excluding carboxylic acids is 1. The van der Waals surface area contributed by atoms with Gasteiger partial charge in [-0.3, -0.25) is 10.1 Å². The summed E-state index contributed by atoms with van der Waals surface area (Å²) in [5, 5.41) is 3.65. The van der Waals surface area contributed by atoms with Crippen LogP contribution in [-0.4, -0.2) is 34.7 Å². The Kier molecular flexibility index (Phi) is 5.87. The van der Waals surface area contributed by atoms with Crippen molar-refractivity contribution < 1.29 is 4.79 Å². The predicted molar refractivity (Wildman–Crippen MR) is 113 cm³/mol. The van der Waals surface area contributed by atoms with Crippen LogP contribution >= 0.6 is 0 Å². The van der Waals surface area contributed by atoms with Gasteiger partial charge in [0, 0.05) is 23.9 Å². The number of rotatable bonds is 5. The number of terminal acetylenes is 1. The van der Waals surface area contributed by atoms with E-state index in [1.54, 1.807) is 0 Å². The van der Waals surface area contributed by atoms with Crippen LogP contribution in [0.3, 0.4) is 0 Å². The second kappa shape index (κ2) is 8.53. The summed E-state index contributed by atoms with van der Waals surface area (Å²) >= 11 is 0. The van der Waals surface area contributed by atoms with E-state index in [-0.39, 0.29) is 18.1 Å². The first-order valence-electron chi connectivity index (χ1n) is 11.0. The first-order valence-corrected chi connectivity index (χ1v) is 11.0. The highest BCUT2D eigenvalue weighted by Gasteiger charge is 2.43. The number of aromatic nitrogens is 1. The maximum Gasteiger partial charge on any atom is 0.300 e. The van der Waals surface area contributed by atoms with E-state index in [4.69, 9.17) is 6.42 Å². The number of unbranched alkanes of at least 4 members (excludes halogenated alkanes) is 1. The van der Waals surface area contributed by atoms with E-state index < -0.39 is 0 Å². The molecule has 0 spiro atoms. The van der Waals surface area contributed by atoms with Crippen LogP contribution in [0.15, 0.2) is 4.99 Å². The molecule has 0 bridgehead atoms. The van der Waals surface area contributed by atoms with Crippen molar-refractivity contribution in [3.05, 3.63) is 16.8 Å². The largest absolute Gasteiger partial charge is 0.341 e. The third kappa shape index (κ3) is 3.51. The summed E-state index contributed by atoms with van der Waals surface area (Å²) in [5.74, 6) is 3.69. The van der Waals surface area contributed by atoms with Gasteiger partial charge in [-0.2, -0.15) is 0 Å². The van der Waals surface area contributed by atoms with Gasteiger partial charge in [-0.05, 0) is 56.1 Å². The topological polar surface area (TPSA) is 60.5 Å². The summed E-state index contributed by atoms with van der Waals surface area (Å²) in [7, 11) is 0. The van der Waals surface area contributed by atoms with Gasteiger partial charge in [-0.15, -0.1) is 6.42 Å². The molecule has 4 rings (SSSR count). The van der Waals surface area contributed by atoms with Crippen molar-refractivity contribution in [1.29, 1.82) is 0 Å². The van der Waals surface area contributed by atoms with E-state index in [0.29, 0.717) is 5.92 Å². The molecule has 1 aromatic heterocycles. The van der Waals surface area contributed by atoms with Crippen molar-refractivity contribution in [3.63, 3.8) is 0 Å². The van der Waals surface area contributed by atoms with Crippen molar-refractivity contribution in [2.75, 3.05) is 6.54 Å². The van der Waals surface area contributed by atoms with Gasteiger partial charge in [-0.1, -0.05) is 32.6 Å². The number of nitrogens with one attached hydrogen (secondary N) is 2. The number of hydrogen-bond acceptors (Lipinski definition) is 3. The van der Waals surface area contributed by atoms with Crippen LogP contribution in [-0.2, 0) is 17.6 Å². The molecule has 3 aliphatic rings. The second-order valence-corrected chi connectivity index (χ2v) is 8.42. The van der Waals surface area contributed by atoms with E-state index in [0.717, 1.165) is 57.3 Å². The number of hydrogen-bond donors (Lipinski definition) is 2. The zero-order chi connectivity index (χ0) is 19.5. The third-order valence-electron chi connectivity index (χ3n) is 6.67. The normalized spacial score (nSPS) is 24.5. The fraction of sp³-hybridized carbons (Fsp3) is 0.652. The van der Waals surface area contributed by atoms with Gasteiger partial charge in [0.05, 0.1) is 12.2 Å². The van der Waals surface area contributed by atoms with Crippen LogP contribution in [0, 0.1) is 18.3 Å². The van der Waals surface area contributed by atoms with Gasteiger partial charge in [0.2, 0.25) is 0 Å². The number of H-pyrrole nitrogens is 1. The van der Waals surface area contributed by atoms with Gasteiger partial charge in [-0.25, -0.2) is 4.99 Å². The average Bonchev–Trinajstić information content (AvgIpc) is 3.11. The molecule has 5 heteroatoms. The molecule has 0 saturated heterocycles. The zero-order valence-corrected chi connectivity index (χ0v) is 17.0. The van der Waals surface area contributed by atoms with Gasteiger partial charge >= 0.3 is 0 Å². The molecule has 2 atom stereocenters. The SMILES string of the molecule is C#CC(=O)N1[C@@H](NCCCC)Cc2c([nH]c3c2CCC=N3)[C@@H]1C1CCCCC1. The predicted octanol–water partition coefficient (Wildman–Crippen LogP) is 4.02. The molecule has 150 valence electrons. The van der Waals surface area contributed by atoms with Crippen molar-refractivity contribution in [1.82, 2.24) is 15.2 Å². The molecule has 2 N–H and O–H groups in total. The van der Waals surface area contributed by atoms with Crippen LogP contribution in [0.5, 0.6) is 0 Å². The maximum atomic E-state index is 12.9. The molecule has 1 aliphatic carbocycles. The molecule has 0 aromatic carbocycles. The lowest BCUT2D eigenvalue weighted by Gasteiger charge is -2.46. The third-order valence-corrected chi connectivity index (χ3v) is 6.67. The average molecular weight is 381 g/mol. The molecule has 28 heavy (non-hydrogen) atoms. The van der Waals surface area contributed by atoms with Gasteiger partial charge < -0.3 is 9.88 Å². The van der Waals surface area contributed by atoms with Crippen LogP contribution in [0.1, 0.15) is 81.2 Å². The minimum Gasteiger partial charge on any atom is -0.341 e. The van der Waals surface area contributed by atoms with Gasteiger partial charge in [0.1, 0.15) is 5.82 Å². The molecular formula is C23H32N4O. The molecular weight excluding hydrogens is 348 g/mol. The Labute approximate surface area is 168 Å². The van der Waals surface area contributed by atoms with E-state index >= 15 is 0 Å². The first kappa shape index (κ1) is 19.3. The monoisotopic (exact) mass is 380 g/mol. The highest BCUT2D eigenvalue weighted by atomic mass is 16.2. The van der Waals surface area contributed by atoms with Crippen molar-refractivity contribution in [2.45, 2.75) is 83.3 Å². The molecule has 1 amide bonds. The Hall–Kier alpha value is -2.06. The number of carbonyl (C=O) groups is 1. The van der Waals surface area contributed by atoms with Crippen molar-refractivity contribution in [2.24, 2.45) is 10.9 Å². The maximum absolute atomic E-state index is 12.9. The molecule has 1 aromatic rings. The Morgan fingerprint density at radius 2 is 2.18 bits per heavy atom. The fourth-order valence-electron chi connectivity index (χ4n) is 5.31. The fourth-order valence-corrected chi connectivity index (χ4v) is 5.31. The van der Waals surface area contributed by atoms with E-state index in [2.05, 4.69) is 28.1 Å². The minimum atomic E-state index is -0.189. The van der Waals surface area contributed by atoms with Crippen LogP contribution < -0.4 is 5.32 Å². The molecule has 0 radical (unpaired) electrons. The van der Waals surface area contributed by atoms with Crippen LogP contribution in [0.4, 0.5) is 5.82 Å². The molecule has 1 saturated carbocycles. The summed E-state index contributed by atoms with van der Waals surface area (Å²) in [6.07, 6.45) is 18.8. The molecule has 1 fully saturated rings. The van der Waals surface area contributed by atoms with Crippen molar-refractivity contribution in [3.8, 4) is 12.3 Å². The van der Waals surface area contributed by atoms with Crippen LogP contribution in [0.25, 0.3) is 0 Å².